The molecular formula is C23H30N2O5. The van der Waals surface area contributed by atoms with E-state index in [2.05, 4.69) is 5.32 Å². The lowest BCUT2D eigenvalue weighted by molar-refractivity contribution is -0.140. The molecule has 7 heteroatoms. The molecule has 0 saturated heterocycles. The molecular weight excluding hydrogens is 384 g/mol. The fourth-order valence-corrected chi connectivity index (χ4v) is 3.15. The molecule has 0 radical (unpaired) electrons. The number of hydrogen-bond acceptors (Lipinski definition) is 5. The summed E-state index contributed by atoms with van der Waals surface area (Å²) in [6.45, 7) is 2.07. The van der Waals surface area contributed by atoms with Crippen molar-refractivity contribution in [2.75, 3.05) is 28.4 Å². The van der Waals surface area contributed by atoms with Crippen LogP contribution in [0.15, 0.2) is 42.5 Å². The van der Waals surface area contributed by atoms with Gasteiger partial charge in [0.25, 0.3) is 0 Å². The lowest BCUT2D eigenvalue weighted by atomic mass is 10.1. The number of nitrogens with zero attached hydrogens (tertiary/aromatic N) is 1. The molecule has 0 spiro atoms. The average molecular weight is 415 g/mol. The summed E-state index contributed by atoms with van der Waals surface area (Å²) < 4.78 is 15.8. The van der Waals surface area contributed by atoms with Gasteiger partial charge >= 0.3 is 0 Å². The van der Waals surface area contributed by atoms with E-state index in [1.54, 1.807) is 40.2 Å². The predicted octanol–water partition coefficient (Wildman–Crippen LogP) is 2.81. The minimum Gasteiger partial charge on any atom is -0.497 e. The van der Waals surface area contributed by atoms with Crippen LogP contribution < -0.4 is 19.5 Å². The number of amides is 2. The average Bonchev–Trinajstić information content (AvgIpc) is 2.79. The molecule has 0 aliphatic rings. The Hall–Kier alpha value is -3.22. The maximum atomic E-state index is 13.0. The van der Waals surface area contributed by atoms with Crippen LogP contribution in [0.4, 0.5) is 0 Å². The normalized spacial score (nSPS) is 11.4. The van der Waals surface area contributed by atoms with Gasteiger partial charge in [0, 0.05) is 20.0 Å². The summed E-state index contributed by atoms with van der Waals surface area (Å²) in [7, 11) is 6.33. The first-order valence-corrected chi connectivity index (χ1v) is 9.78. The Morgan fingerprint density at radius 2 is 1.57 bits per heavy atom. The van der Waals surface area contributed by atoms with Crippen molar-refractivity contribution in [3.8, 4) is 17.2 Å². The van der Waals surface area contributed by atoms with Crippen LogP contribution in [0.5, 0.6) is 17.2 Å². The number of hydrogen-bond donors (Lipinski definition) is 1. The Balaban J connectivity index is 2.14. The third kappa shape index (κ3) is 5.89. The first-order valence-electron chi connectivity index (χ1n) is 9.78. The highest BCUT2D eigenvalue weighted by molar-refractivity contribution is 5.87. The van der Waals surface area contributed by atoms with E-state index >= 15 is 0 Å². The van der Waals surface area contributed by atoms with Crippen molar-refractivity contribution in [3.05, 3.63) is 53.6 Å². The van der Waals surface area contributed by atoms with E-state index in [1.165, 1.54) is 0 Å². The van der Waals surface area contributed by atoms with Crippen LogP contribution in [0, 0.1) is 0 Å². The molecule has 1 atom stereocenters. The van der Waals surface area contributed by atoms with Crippen molar-refractivity contribution in [1.29, 1.82) is 0 Å². The molecule has 0 aromatic heterocycles. The number of ether oxygens (including phenoxy) is 3. The van der Waals surface area contributed by atoms with Gasteiger partial charge in [-0.3, -0.25) is 9.59 Å². The zero-order chi connectivity index (χ0) is 22.1. The second-order valence-electron chi connectivity index (χ2n) is 6.85. The highest BCUT2D eigenvalue weighted by Gasteiger charge is 2.25. The van der Waals surface area contributed by atoms with Crippen LogP contribution >= 0.6 is 0 Å². The van der Waals surface area contributed by atoms with Crippen LogP contribution in [0.3, 0.4) is 0 Å². The van der Waals surface area contributed by atoms with Crippen molar-refractivity contribution < 1.29 is 23.8 Å². The third-order valence-corrected chi connectivity index (χ3v) is 5.00. The van der Waals surface area contributed by atoms with Gasteiger partial charge in [0.1, 0.15) is 11.8 Å². The molecule has 0 aliphatic carbocycles. The lowest BCUT2D eigenvalue weighted by Crippen LogP contribution is -2.46. The Morgan fingerprint density at radius 3 is 2.13 bits per heavy atom. The predicted molar refractivity (Wildman–Crippen MR) is 115 cm³/mol. The maximum absolute atomic E-state index is 13.0. The van der Waals surface area contributed by atoms with Gasteiger partial charge in [-0.05, 0) is 48.7 Å². The summed E-state index contributed by atoms with van der Waals surface area (Å²) >= 11 is 0. The molecule has 0 saturated carbocycles. The molecule has 7 nitrogen and oxygen atoms in total. The van der Waals surface area contributed by atoms with Crippen molar-refractivity contribution in [1.82, 2.24) is 10.2 Å². The molecule has 1 N–H and O–H groups in total. The van der Waals surface area contributed by atoms with Crippen LogP contribution in [-0.4, -0.2) is 51.1 Å². The monoisotopic (exact) mass is 414 g/mol. The number of carbonyl (C=O) groups excluding carboxylic acids is 2. The quantitative estimate of drug-likeness (QED) is 0.647. The number of likely N-dealkylation sites (N-methyl/N-ethyl adjacent to an activating group) is 1. The van der Waals surface area contributed by atoms with Gasteiger partial charge in [0.05, 0.1) is 21.3 Å². The maximum Gasteiger partial charge on any atom is 0.242 e. The van der Waals surface area contributed by atoms with Crippen LogP contribution in [-0.2, 0) is 22.6 Å². The second kappa shape index (κ2) is 11.1. The van der Waals surface area contributed by atoms with Gasteiger partial charge in [-0.25, -0.2) is 0 Å². The zero-order valence-corrected chi connectivity index (χ0v) is 18.2. The van der Waals surface area contributed by atoms with Gasteiger partial charge in [0.2, 0.25) is 11.8 Å². The van der Waals surface area contributed by atoms with E-state index in [9.17, 15) is 9.59 Å². The lowest BCUT2D eigenvalue weighted by Gasteiger charge is -2.28. The second-order valence-corrected chi connectivity index (χ2v) is 6.85. The van der Waals surface area contributed by atoms with Crippen molar-refractivity contribution in [2.24, 2.45) is 0 Å². The summed E-state index contributed by atoms with van der Waals surface area (Å²) in [5.74, 6) is 1.70. The van der Waals surface area contributed by atoms with Crippen LogP contribution in [0.2, 0.25) is 0 Å². The Kier molecular flexibility index (Phi) is 8.53. The highest BCUT2D eigenvalue weighted by atomic mass is 16.5. The topological polar surface area (TPSA) is 77.1 Å². The molecule has 162 valence electrons. The van der Waals surface area contributed by atoms with E-state index < -0.39 is 6.04 Å². The SMILES string of the molecule is CNC(=O)C(C)N(Cc1ccc(OC)cc1)C(=O)CCc1ccc(OC)c(OC)c1. The van der Waals surface area contributed by atoms with Crippen molar-refractivity contribution in [2.45, 2.75) is 32.4 Å². The van der Waals surface area contributed by atoms with Gasteiger partial charge in [0.15, 0.2) is 11.5 Å². The van der Waals surface area contributed by atoms with E-state index in [4.69, 9.17) is 14.2 Å². The molecule has 0 aliphatic heterocycles. The Bertz CT molecular complexity index is 851. The summed E-state index contributed by atoms with van der Waals surface area (Å²) in [4.78, 5) is 26.9. The Labute approximate surface area is 177 Å². The fourth-order valence-electron chi connectivity index (χ4n) is 3.15. The molecule has 2 rings (SSSR count). The third-order valence-electron chi connectivity index (χ3n) is 5.00. The van der Waals surface area contributed by atoms with Gasteiger partial charge in [-0.15, -0.1) is 0 Å². The summed E-state index contributed by atoms with van der Waals surface area (Å²) in [6.07, 6.45) is 0.797. The molecule has 2 amide bonds. The molecule has 2 aromatic carbocycles. The highest BCUT2D eigenvalue weighted by Crippen LogP contribution is 2.28. The number of benzene rings is 2. The minimum atomic E-state index is -0.588. The Morgan fingerprint density at radius 1 is 0.933 bits per heavy atom. The number of carbonyl (C=O) groups is 2. The summed E-state index contributed by atoms with van der Waals surface area (Å²) in [5, 5.41) is 2.62. The zero-order valence-electron chi connectivity index (χ0n) is 18.2. The van der Waals surface area contributed by atoms with Crippen LogP contribution in [0.1, 0.15) is 24.5 Å². The molecule has 2 aromatic rings. The summed E-state index contributed by atoms with van der Waals surface area (Å²) in [6, 6.07) is 12.5. The number of nitrogens with one attached hydrogen (secondary N) is 1. The van der Waals surface area contributed by atoms with E-state index in [0.717, 1.165) is 16.9 Å². The van der Waals surface area contributed by atoms with Crippen molar-refractivity contribution >= 4 is 11.8 Å². The minimum absolute atomic E-state index is 0.100. The molecule has 0 fully saturated rings. The number of methoxy groups -OCH3 is 3. The molecule has 30 heavy (non-hydrogen) atoms. The van der Waals surface area contributed by atoms with Gasteiger partial charge in [-0.1, -0.05) is 18.2 Å². The summed E-state index contributed by atoms with van der Waals surface area (Å²) in [5.41, 5.74) is 1.88. The van der Waals surface area contributed by atoms with E-state index in [-0.39, 0.29) is 18.2 Å². The van der Waals surface area contributed by atoms with E-state index in [1.807, 2.05) is 42.5 Å². The van der Waals surface area contributed by atoms with Gasteiger partial charge in [-0.2, -0.15) is 0 Å². The fraction of sp³-hybridized carbons (Fsp3) is 0.391. The standard InChI is InChI=1S/C23H30N2O5/c1-16(23(27)24-2)25(15-18-6-10-19(28-3)11-7-18)22(26)13-9-17-8-12-20(29-4)21(14-17)30-5/h6-8,10-12,14,16H,9,13,15H2,1-5H3,(H,24,27). The van der Waals surface area contributed by atoms with Crippen molar-refractivity contribution in [3.63, 3.8) is 0 Å². The molecule has 0 heterocycles. The van der Waals surface area contributed by atoms with Gasteiger partial charge < -0.3 is 24.4 Å². The number of aryl methyl sites for hydroxylation is 1. The first kappa shape index (κ1) is 23.1. The smallest absolute Gasteiger partial charge is 0.242 e. The van der Waals surface area contributed by atoms with Crippen LogP contribution in [0.25, 0.3) is 0 Å². The largest absolute Gasteiger partial charge is 0.497 e. The number of rotatable bonds is 10. The first-order chi connectivity index (χ1) is 14.4. The van der Waals surface area contributed by atoms with E-state index in [0.29, 0.717) is 24.5 Å². The molecule has 0 bridgehead atoms. The molecule has 1 unspecified atom stereocenters.